The molecule has 0 bridgehead atoms. The van der Waals surface area contributed by atoms with E-state index in [4.69, 9.17) is 28.2 Å². The SMILES string of the molecule is Cc1ccc(C2=N[C@H](c3ccc(Cl)cc3)N[C@@H](c3cc(Cl)ccc3O)C2)cc1. The van der Waals surface area contributed by atoms with Crippen LogP contribution in [0, 0.1) is 6.92 Å². The Morgan fingerprint density at radius 3 is 2.32 bits per heavy atom. The minimum absolute atomic E-state index is 0.117. The van der Waals surface area contributed by atoms with Gasteiger partial charge in [0, 0.05) is 33.8 Å². The van der Waals surface area contributed by atoms with Gasteiger partial charge >= 0.3 is 0 Å². The normalized spacial score (nSPS) is 19.3. The molecule has 0 saturated heterocycles. The lowest BCUT2D eigenvalue weighted by Gasteiger charge is -2.31. The Bertz CT molecular complexity index is 1010. The first-order chi connectivity index (χ1) is 13.5. The molecule has 1 aliphatic heterocycles. The highest BCUT2D eigenvalue weighted by Gasteiger charge is 2.27. The van der Waals surface area contributed by atoms with Crippen molar-refractivity contribution in [1.82, 2.24) is 5.32 Å². The number of halogens is 2. The minimum atomic E-state index is -0.245. The number of hydrogen-bond donors (Lipinski definition) is 2. The summed E-state index contributed by atoms with van der Waals surface area (Å²) < 4.78 is 0. The van der Waals surface area contributed by atoms with Crippen LogP contribution < -0.4 is 5.32 Å². The van der Waals surface area contributed by atoms with Gasteiger partial charge in [0.05, 0.1) is 0 Å². The topological polar surface area (TPSA) is 44.6 Å². The molecule has 0 fully saturated rings. The van der Waals surface area contributed by atoms with Crippen LogP contribution in [0.2, 0.25) is 10.0 Å². The first-order valence-electron chi connectivity index (χ1n) is 9.13. The molecule has 4 rings (SSSR count). The van der Waals surface area contributed by atoms with Crippen molar-refractivity contribution in [3.63, 3.8) is 0 Å². The van der Waals surface area contributed by atoms with Crippen molar-refractivity contribution in [3.05, 3.63) is 99.0 Å². The summed E-state index contributed by atoms with van der Waals surface area (Å²) in [4.78, 5) is 4.96. The molecule has 0 amide bonds. The van der Waals surface area contributed by atoms with Crippen LogP contribution in [0.3, 0.4) is 0 Å². The van der Waals surface area contributed by atoms with Crippen LogP contribution in [0.1, 0.15) is 40.9 Å². The van der Waals surface area contributed by atoms with E-state index in [0.717, 1.165) is 22.4 Å². The van der Waals surface area contributed by atoms with E-state index in [2.05, 4.69) is 36.5 Å². The molecule has 0 aliphatic carbocycles. The van der Waals surface area contributed by atoms with Crippen molar-refractivity contribution in [2.75, 3.05) is 0 Å². The van der Waals surface area contributed by atoms with Crippen LogP contribution in [0.4, 0.5) is 0 Å². The zero-order valence-electron chi connectivity index (χ0n) is 15.4. The van der Waals surface area contributed by atoms with Crippen molar-refractivity contribution in [1.29, 1.82) is 0 Å². The summed E-state index contributed by atoms with van der Waals surface area (Å²) in [5.41, 5.74) is 5.06. The molecule has 0 aromatic heterocycles. The summed E-state index contributed by atoms with van der Waals surface area (Å²) in [6, 6.07) is 21.0. The van der Waals surface area contributed by atoms with Crippen molar-refractivity contribution < 1.29 is 5.11 Å². The summed E-state index contributed by atoms with van der Waals surface area (Å²) >= 11 is 12.2. The van der Waals surface area contributed by atoms with E-state index in [1.807, 2.05) is 30.3 Å². The number of nitrogens with zero attached hydrogens (tertiary/aromatic N) is 1. The highest BCUT2D eigenvalue weighted by Crippen LogP contribution is 2.35. The van der Waals surface area contributed by atoms with E-state index in [0.29, 0.717) is 16.5 Å². The fourth-order valence-corrected chi connectivity index (χ4v) is 3.75. The summed E-state index contributed by atoms with van der Waals surface area (Å²) in [6.07, 6.45) is 0.409. The Balaban J connectivity index is 1.76. The fourth-order valence-electron chi connectivity index (χ4n) is 3.45. The number of benzene rings is 3. The molecule has 0 unspecified atom stereocenters. The third-order valence-corrected chi connectivity index (χ3v) is 5.46. The second kappa shape index (κ2) is 7.96. The highest BCUT2D eigenvalue weighted by molar-refractivity contribution is 6.30. The predicted molar refractivity (Wildman–Crippen MR) is 116 cm³/mol. The molecule has 2 atom stereocenters. The lowest BCUT2D eigenvalue weighted by molar-refractivity contribution is 0.413. The number of phenolic OH excluding ortho intramolecular Hbond substituents is 1. The zero-order chi connectivity index (χ0) is 19.7. The maximum Gasteiger partial charge on any atom is 0.126 e. The van der Waals surface area contributed by atoms with Crippen LogP contribution in [-0.4, -0.2) is 10.8 Å². The van der Waals surface area contributed by atoms with Gasteiger partial charge < -0.3 is 5.11 Å². The number of hydrogen-bond acceptors (Lipinski definition) is 3. The molecule has 2 N–H and O–H groups in total. The van der Waals surface area contributed by atoms with Gasteiger partial charge in [0.1, 0.15) is 11.9 Å². The highest BCUT2D eigenvalue weighted by atomic mass is 35.5. The van der Waals surface area contributed by atoms with Gasteiger partial charge in [-0.05, 0) is 48.4 Å². The summed E-state index contributed by atoms with van der Waals surface area (Å²) in [5.74, 6) is 0.224. The standard InChI is InChI=1S/C23H20Cl2N2O/c1-14-2-4-15(5-3-14)20-13-21(19-12-18(25)10-11-22(19)28)27-23(26-20)16-6-8-17(24)9-7-16/h2-12,21,23,27-28H,13H2,1H3/t21-,23+/m1/s1. The average molecular weight is 411 g/mol. The molecule has 142 valence electrons. The smallest absolute Gasteiger partial charge is 0.126 e. The number of rotatable bonds is 3. The van der Waals surface area contributed by atoms with E-state index in [-0.39, 0.29) is 18.0 Å². The first kappa shape index (κ1) is 19.0. The van der Waals surface area contributed by atoms with Crippen LogP contribution >= 0.6 is 23.2 Å². The quantitative estimate of drug-likeness (QED) is 0.537. The van der Waals surface area contributed by atoms with Crippen LogP contribution in [-0.2, 0) is 0 Å². The summed E-state index contributed by atoms with van der Waals surface area (Å²) in [7, 11) is 0. The largest absolute Gasteiger partial charge is 0.508 e. The maximum atomic E-state index is 10.4. The zero-order valence-corrected chi connectivity index (χ0v) is 16.9. The fraction of sp³-hybridized carbons (Fsp3) is 0.174. The molecule has 28 heavy (non-hydrogen) atoms. The monoisotopic (exact) mass is 410 g/mol. The molecule has 0 radical (unpaired) electrons. The van der Waals surface area contributed by atoms with Crippen LogP contribution in [0.5, 0.6) is 5.75 Å². The van der Waals surface area contributed by atoms with Gasteiger partial charge in [-0.15, -0.1) is 0 Å². The average Bonchev–Trinajstić information content (AvgIpc) is 2.70. The van der Waals surface area contributed by atoms with Gasteiger partial charge in [0.15, 0.2) is 0 Å². The lowest BCUT2D eigenvalue weighted by atomic mass is 9.93. The Hall–Kier alpha value is -2.33. The van der Waals surface area contributed by atoms with Crippen LogP contribution in [0.25, 0.3) is 0 Å². The summed E-state index contributed by atoms with van der Waals surface area (Å²) in [5, 5.41) is 15.2. The molecule has 1 heterocycles. The Kier molecular flexibility index (Phi) is 5.40. The van der Waals surface area contributed by atoms with Crippen molar-refractivity contribution in [2.45, 2.75) is 25.6 Å². The number of phenols is 1. The molecule has 5 heteroatoms. The van der Waals surface area contributed by atoms with Crippen LogP contribution in [0.15, 0.2) is 71.7 Å². The third kappa shape index (κ3) is 4.07. The van der Waals surface area contributed by atoms with Gasteiger partial charge in [-0.3, -0.25) is 10.3 Å². The Morgan fingerprint density at radius 2 is 1.61 bits per heavy atom. The number of nitrogens with one attached hydrogen (secondary N) is 1. The number of aryl methyl sites for hydroxylation is 1. The second-order valence-electron chi connectivity index (χ2n) is 7.02. The number of aromatic hydroxyl groups is 1. The first-order valence-corrected chi connectivity index (χ1v) is 9.89. The minimum Gasteiger partial charge on any atom is -0.508 e. The van der Waals surface area contributed by atoms with Gasteiger partial charge in [0.2, 0.25) is 0 Å². The summed E-state index contributed by atoms with van der Waals surface area (Å²) in [6.45, 7) is 2.07. The van der Waals surface area contributed by atoms with Crippen molar-refractivity contribution in [3.8, 4) is 5.75 Å². The van der Waals surface area contributed by atoms with Gasteiger partial charge in [-0.2, -0.15) is 0 Å². The van der Waals surface area contributed by atoms with E-state index >= 15 is 0 Å². The second-order valence-corrected chi connectivity index (χ2v) is 7.90. The van der Waals surface area contributed by atoms with Gasteiger partial charge in [-0.1, -0.05) is 65.2 Å². The molecular formula is C23H20Cl2N2O. The molecule has 3 nitrogen and oxygen atoms in total. The molecule has 0 saturated carbocycles. The molecule has 3 aromatic rings. The third-order valence-electron chi connectivity index (χ3n) is 4.98. The molecule has 3 aromatic carbocycles. The molecular weight excluding hydrogens is 391 g/mol. The predicted octanol–water partition coefficient (Wildman–Crippen LogP) is 6.23. The lowest BCUT2D eigenvalue weighted by Crippen LogP contribution is -2.33. The van der Waals surface area contributed by atoms with Crippen molar-refractivity contribution in [2.24, 2.45) is 4.99 Å². The van der Waals surface area contributed by atoms with E-state index < -0.39 is 0 Å². The van der Waals surface area contributed by atoms with Crippen molar-refractivity contribution >= 4 is 28.9 Å². The Labute approximate surface area is 174 Å². The maximum absolute atomic E-state index is 10.4. The van der Waals surface area contributed by atoms with Gasteiger partial charge in [-0.25, -0.2) is 0 Å². The van der Waals surface area contributed by atoms with E-state index in [1.54, 1.807) is 12.1 Å². The van der Waals surface area contributed by atoms with E-state index in [9.17, 15) is 5.11 Å². The molecule has 1 aliphatic rings. The van der Waals surface area contributed by atoms with Gasteiger partial charge in [0.25, 0.3) is 0 Å². The molecule has 0 spiro atoms. The Morgan fingerprint density at radius 1 is 0.929 bits per heavy atom. The van der Waals surface area contributed by atoms with E-state index in [1.165, 1.54) is 5.56 Å². The number of aliphatic imine (C=N–C) groups is 1.